The Morgan fingerprint density at radius 1 is 1.26 bits per heavy atom. The second-order valence-corrected chi connectivity index (χ2v) is 5.35. The maximum Gasteiger partial charge on any atom is 0.238 e. The molecule has 6 heteroatoms. The number of amides is 1. The summed E-state index contributed by atoms with van der Waals surface area (Å²) in [4.78, 5) is 14.1. The number of carbonyl (C=O) groups is 1. The summed E-state index contributed by atoms with van der Waals surface area (Å²) in [6.45, 7) is 4.41. The molecule has 1 saturated heterocycles. The molecule has 1 heterocycles. The second kappa shape index (κ2) is 8.53. The number of hydrogen-bond acceptors (Lipinski definition) is 3. The van der Waals surface area contributed by atoms with Gasteiger partial charge < -0.3 is 10.6 Å². The molecule has 0 atom stereocenters. The summed E-state index contributed by atoms with van der Waals surface area (Å²) in [5.74, 6) is 0.0548. The van der Waals surface area contributed by atoms with Crippen LogP contribution in [0.15, 0.2) is 28.7 Å². The average molecular weight is 349 g/mol. The van der Waals surface area contributed by atoms with Crippen LogP contribution < -0.4 is 10.6 Å². The second-order valence-electron chi connectivity index (χ2n) is 4.43. The van der Waals surface area contributed by atoms with E-state index in [1.807, 2.05) is 24.3 Å². The zero-order valence-corrected chi connectivity index (χ0v) is 13.1. The standard InChI is InChI=1S/C13H18BrN3O.ClH/c14-11-2-4-12(5-3-11)16-13(18)10-17-8-1-6-15-7-9-17;/h2-5,15H,1,6-10H2,(H,16,18);1H. The molecule has 2 rings (SSSR count). The van der Waals surface area contributed by atoms with Crippen molar-refractivity contribution >= 4 is 39.9 Å². The third-order valence-electron chi connectivity index (χ3n) is 2.93. The van der Waals surface area contributed by atoms with Gasteiger partial charge in [0, 0.05) is 23.2 Å². The molecule has 0 unspecified atom stereocenters. The predicted molar refractivity (Wildman–Crippen MR) is 83.9 cm³/mol. The Kier molecular flexibility index (Phi) is 7.38. The molecule has 4 nitrogen and oxygen atoms in total. The van der Waals surface area contributed by atoms with E-state index in [-0.39, 0.29) is 18.3 Å². The van der Waals surface area contributed by atoms with E-state index in [9.17, 15) is 4.79 Å². The fraction of sp³-hybridized carbons (Fsp3) is 0.462. The summed E-state index contributed by atoms with van der Waals surface area (Å²) >= 11 is 3.37. The van der Waals surface area contributed by atoms with E-state index in [1.165, 1.54) is 0 Å². The van der Waals surface area contributed by atoms with Crippen molar-refractivity contribution in [2.24, 2.45) is 0 Å². The highest BCUT2D eigenvalue weighted by Gasteiger charge is 2.12. The molecule has 1 aliphatic heterocycles. The molecule has 1 fully saturated rings. The Morgan fingerprint density at radius 3 is 2.74 bits per heavy atom. The number of rotatable bonds is 3. The van der Waals surface area contributed by atoms with Crippen molar-refractivity contribution in [1.29, 1.82) is 0 Å². The molecular weight excluding hydrogens is 330 g/mol. The van der Waals surface area contributed by atoms with E-state index >= 15 is 0 Å². The summed E-state index contributed by atoms with van der Waals surface area (Å²) in [5, 5.41) is 6.24. The van der Waals surface area contributed by atoms with Gasteiger partial charge in [-0.1, -0.05) is 15.9 Å². The normalized spacial score (nSPS) is 16.3. The van der Waals surface area contributed by atoms with Gasteiger partial charge in [-0.05, 0) is 43.8 Å². The zero-order valence-electron chi connectivity index (χ0n) is 10.7. The minimum Gasteiger partial charge on any atom is -0.325 e. The minimum atomic E-state index is 0. The Hall–Kier alpha value is -0.620. The van der Waals surface area contributed by atoms with Crippen molar-refractivity contribution in [3.8, 4) is 0 Å². The molecule has 0 bridgehead atoms. The van der Waals surface area contributed by atoms with Crippen LogP contribution in [0.4, 0.5) is 5.69 Å². The smallest absolute Gasteiger partial charge is 0.238 e. The number of hydrogen-bond donors (Lipinski definition) is 2. The number of nitrogens with zero attached hydrogens (tertiary/aromatic N) is 1. The number of carbonyl (C=O) groups excluding carboxylic acids is 1. The molecule has 0 spiro atoms. The molecule has 1 aromatic rings. The first-order chi connectivity index (χ1) is 8.74. The van der Waals surface area contributed by atoms with Crippen LogP contribution in [0.25, 0.3) is 0 Å². The third kappa shape index (κ3) is 5.91. The van der Waals surface area contributed by atoms with Gasteiger partial charge in [-0.15, -0.1) is 12.4 Å². The minimum absolute atomic E-state index is 0. The van der Waals surface area contributed by atoms with Gasteiger partial charge >= 0.3 is 0 Å². The van der Waals surface area contributed by atoms with Crippen molar-refractivity contribution < 1.29 is 4.79 Å². The van der Waals surface area contributed by atoms with Gasteiger partial charge in [0.05, 0.1) is 6.54 Å². The molecule has 1 amide bonds. The van der Waals surface area contributed by atoms with Gasteiger partial charge in [0.25, 0.3) is 0 Å². The molecular formula is C13H19BrClN3O. The molecule has 0 aromatic heterocycles. The molecule has 0 saturated carbocycles. The van der Waals surface area contributed by atoms with Crippen LogP contribution in [0, 0.1) is 0 Å². The van der Waals surface area contributed by atoms with Gasteiger partial charge in [-0.2, -0.15) is 0 Å². The van der Waals surface area contributed by atoms with Crippen LogP contribution >= 0.6 is 28.3 Å². The third-order valence-corrected chi connectivity index (χ3v) is 3.46. The van der Waals surface area contributed by atoms with Crippen LogP contribution in [-0.2, 0) is 4.79 Å². The Bertz CT molecular complexity index is 391. The van der Waals surface area contributed by atoms with Crippen molar-refractivity contribution in [1.82, 2.24) is 10.2 Å². The number of benzene rings is 1. The van der Waals surface area contributed by atoms with Crippen LogP contribution in [0.3, 0.4) is 0 Å². The quantitative estimate of drug-likeness (QED) is 0.879. The maximum atomic E-state index is 11.9. The monoisotopic (exact) mass is 347 g/mol. The molecule has 0 radical (unpaired) electrons. The first-order valence-electron chi connectivity index (χ1n) is 6.22. The zero-order chi connectivity index (χ0) is 12.8. The Labute approximate surface area is 128 Å². The predicted octanol–water partition coefficient (Wildman–Crippen LogP) is 2.10. The number of halogens is 2. The Balaban J connectivity index is 0.00000180. The first kappa shape index (κ1) is 16.4. The van der Waals surface area contributed by atoms with E-state index in [0.29, 0.717) is 6.54 Å². The van der Waals surface area contributed by atoms with Gasteiger partial charge in [-0.25, -0.2) is 0 Å². The van der Waals surface area contributed by atoms with E-state index < -0.39 is 0 Å². The summed E-state index contributed by atoms with van der Waals surface area (Å²) < 4.78 is 1.01. The number of nitrogens with one attached hydrogen (secondary N) is 2. The summed E-state index contributed by atoms with van der Waals surface area (Å²) in [5.41, 5.74) is 0.844. The molecule has 19 heavy (non-hydrogen) atoms. The lowest BCUT2D eigenvalue weighted by atomic mass is 10.3. The maximum absolute atomic E-state index is 11.9. The largest absolute Gasteiger partial charge is 0.325 e. The highest BCUT2D eigenvalue weighted by Crippen LogP contribution is 2.14. The highest BCUT2D eigenvalue weighted by atomic mass is 79.9. The van der Waals surface area contributed by atoms with Crippen LogP contribution in [0.2, 0.25) is 0 Å². The van der Waals surface area contributed by atoms with Gasteiger partial charge in [-0.3, -0.25) is 9.69 Å². The van der Waals surface area contributed by atoms with Crippen LogP contribution in [0.5, 0.6) is 0 Å². The van der Waals surface area contributed by atoms with Gasteiger partial charge in [0.2, 0.25) is 5.91 Å². The fourth-order valence-corrected chi connectivity index (χ4v) is 2.26. The Morgan fingerprint density at radius 2 is 2.00 bits per heavy atom. The van der Waals surface area contributed by atoms with E-state index in [1.54, 1.807) is 0 Å². The molecule has 106 valence electrons. The topological polar surface area (TPSA) is 44.4 Å². The first-order valence-corrected chi connectivity index (χ1v) is 7.02. The molecule has 0 aliphatic carbocycles. The van der Waals surface area contributed by atoms with E-state index in [0.717, 1.165) is 42.8 Å². The lowest BCUT2D eigenvalue weighted by Crippen LogP contribution is -2.35. The van der Waals surface area contributed by atoms with Crippen LogP contribution in [0.1, 0.15) is 6.42 Å². The lowest BCUT2D eigenvalue weighted by Gasteiger charge is -2.18. The lowest BCUT2D eigenvalue weighted by molar-refractivity contribution is -0.117. The molecule has 1 aliphatic rings. The fourth-order valence-electron chi connectivity index (χ4n) is 2.00. The van der Waals surface area contributed by atoms with Gasteiger partial charge in [0.1, 0.15) is 0 Å². The van der Waals surface area contributed by atoms with Crippen molar-refractivity contribution in [3.63, 3.8) is 0 Å². The highest BCUT2D eigenvalue weighted by molar-refractivity contribution is 9.10. The van der Waals surface area contributed by atoms with Crippen LogP contribution in [-0.4, -0.2) is 43.5 Å². The summed E-state index contributed by atoms with van der Waals surface area (Å²) in [6, 6.07) is 7.63. The van der Waals surface area contributed by atoms with E-state index in [4.69, 9.17) is 0 Å². The molecule has 2 N–H and O–H groups in total. The van der Waals surface area contributed by atoms with Gasteiger partial charge in [0.15, 0.2) is 0 Å². The number of anilines is 1. The SMILES string of the molecule is Cl.O=C(CN1CCCNCC1)Nc1ccc(Br)cc1. The molecule has 1 aromatic carbocycles. The summed E-state index contributed by atoms with van der Waals surface area (Å²) in [6.07, 6.45) is 1.10. The van der Waals surface area contributed by atoms with Crippen molar-refractivity contribution in [2.75, 3.05) is 38.0 Å². The van der Waals surface area contributed by atoms with Crippen molar-refractivity contribution in [3.05, 3.63) is 28.7 Å². The summed E-state index contributed by atoms with van der Waals surface area (Å²) in [7, 11) is 0. The van der Waals surface area contributed by atoms with E-state index in [2.05, 4.69) is 31.5 Å². The average Bonchev–Trinajstić information content (AvgIpc) is 2.61. The van der Waals surface area contributed by atoms with Crippen molar-refractivity contribution in [2.45, 2.75) is 6.42 Å².